The van der Waals surface area contributed by atoms with E-state index in [0.29, 0.717) is 11.3 Å². The van der Waals surface area contributed by atoms with Gasteiger partial charge in [-0.05, 0) is 42.0 Å². The number of hydrazone groups is 1. The van der Waals surface area contributed by atoms with Gasteiger partial charge in [0.05, 0.1) is 11.8 Å². The second-order valence-electron chi connectivity index (χ2n) is 5.74. The van der Waals surface area contributed by atoms with E-state index in [1.165, 1.54) is 24.5 Å². The van der Waals surface area contributed by atoms with Crippen molar-refractivity contribution in [3.8, 4) is 5.75 Å². The number of nitrogens with one attached hydrogen (secondary N) is 1. The van der Waals surface area contributed by atoms with Crippen molar-refractivity contribution in [2.24, 2.45) is 5.10 Å². The highest BCUT2D eigenvalue weighted by molar-refractivity contribution is 5.93. The van der Waals surface area contributed by atoms with E-state index in [2.05, 4.69) is 15.5 Å². The maximum Gasteiger partial charge on any atom is 0.335 e. The third kappa shape index (κ3) is 5.01. The van der Waals surface area contributed by atoms with Crippen LogP contribution >= 0.6 is 0 Å². The number of carbonyl (C=O) groups is 2. The molecule has 7 heteroatoms. The minimum absolute atomic E-state index is 0.222. The summed E-state index contributed by atoms with van der Waals surface area (Å²) >= 11 is 0. The number of aromatic carboxylic acids is 1. The lowest BCUT2D eigenvalue weighted by atomic mass is 10.1. The highest BCUT2D eigenvalue weighted by Gasteiger charge is 2.06. The van der Waals surface area contributed by atoms with E-state index in [1.807, 2.05) is 12.1 Å². The van der Waals surface area contributed by atoms with Gasteiger partial charge in [-0.3, -0.25) is 9.78 Å². The molecule has 0 fully saturated rings. The molecule has 3 rings (SSSR count). The van der Waals surface area contributed by atoms with Crippen LogP contribution in [0.1, 0.15) is 32.0 Å². The Morgan fingerprint density at radius 2 is 1.79 bits per heavy atom. The average molecular weight is 375 g/mol. The van der Waals surface area contributed by atoms with Gasteiger partial charge in [0, 0.05) is 11.8 Å². The molecule has 0 saturated heterocycles. The number of pyridine rings is 1. The molecule has 0 aliphatic carbocycles. The molecule has 1 heterocycles. The number of rotatable bonds is 7. The molecule has 28 heavy (non-hydrogen) atoms. The number of carbonyl (C=O) groups excluding carboxylic acids is 1. The van der Waals surface area contributed by atoms with Crippen molar-refractivity contribution < 1.29 is 19.4 Å². The molecule has 0 saturated carbocycles. The summed E-state index contributed by atoms with van der Waals surface area (Å²) in [5.74, 6) is -0.795. The Balaban J connectivity index is 1.62. The summed E-state index contributed by atoms with van der Waals surface area (Å²) in [7, 11) is 0. The third-order valence-corrected chi connectivity index (χ3v) is 3.78. The Bertz CT molecular complexity index is 986. The second-order valence-corrected chi connectivity index (χ2v) is 5.74. The number of para-hydroxylation sites is 1. The summed E-state index contributed by atoms with van der Waals surface area (Å²) in [6.45, 7) is 0.269. The monoisotopic (exact) mass is 375 g/mol. The summed E-state index contributed by atoms with van der Waals surface area (Å²) in [5, 5.41) is 12.9. The quantitative estimate of drug-likeness (QED) is 0.488. The van der Waals surface area contributed by atoms with Crippen LogP contribution in [0.25, 0.3) is 0 Å². The zero-order valence-corrected chi connectivity index (χ0v) is 14.8. The van der Waals surface area contributed by atoms with E-state index in [1.54, 1.807) is 42.5 Å². The lowest BCUT2D eigenvalue weighted by Crippen LogP contribution is -2.18. The molecule has 0 aliphatic heterocycles. The van der Waals surface area contributed by atoms with Crippen molar-refractivity contribution in [2.45, 2.75) is 6.61 Å². The number of hydrogen-bond acceptors (Lipinski definition) is 5. The van der Waals surface area contributed by atoms with E-state index in [0.717, 1.165) is 5.56 Å². The molecule has 0 aliphatic rings. The van der Waals surface area contributed by atoms with Crippen LogP contribution in [-0.4, -0.2) is 28.2 Å². The fraction of sp³-hybridized carbons (Fsp3) is 0.0476. The number of amides is 1. The maximum atomic E-state index is 11.9. The normalized spacial score (nSPS) is 10.6. The Kier molecular flexibility index (Phi) is 6.10. The summed E-state index contributed by atoms with van der Waals surface area (Å²) in [5.41, 5.74) is 4.44. The van der Waals surface area contributed by atoms with Crippen LogP contribution in [0, 0.1) is 0 Å². The first-order valence-corrected chi connectivity index (χ1v) is 8.42. The zero-order valence-electron chi connectivity index (χ0n) is 14.8. The SMILES string of the molecule is O=C(O)c1ccc(COc2ccccc2/C=N\NC(=O)c2ccccn2)cc1. The highest BCUT2D eigenvalue weighted by Crippen LogP contribution is 2.18. The molecule has 7 nitrogen and oxygen atoms in total. The average Bonchev–Trinajstić information content (AvgIpc) is 2.74. The van der Waals surface area contributed by atoms with Crippen LogP contribution in [0.5, 0.6) is 5.75 Å². The van der Waals surface area contributed by atoms with Gasteiger partial charge in [0.25, 0.3) is 5.91 Å². The highest BCUT2D eigenvalue weighted by atomic mass is 16.5. The van der Waals surface area contributed by atoms with Crippen molar-refractivity contribution in [3.05, 3.63) is 95.3 Å². The predicted molar refractivity (Wildman–Crippen MR) is 103 cm³/mol. The van der Waals surface area contributed by atoms with E-state index in [-0.39, 0.29) is 17.9 Å². The molecule has 0 bridgehead atoms. The Morgan fingerprint density at radius 3 is 2.50 bits per heavy atom. The lowest BCUT2D eigenvalue weighted by molar-refractivity contribution is 0.0696. The Labute approximate surface area is 161 Å². The van der Waals surface area contributed by atoms with Crippen molar-refractivity contribution in [2.75, 3.05) is 0 Å². The van der Waals surface area contributed by atoms with E-state index < -0.39 is 11.9 Å². The summed E-state index contributed by atoms with van der Waals surface area (Å²) in [4.78, 5) is 26.8. The van der Waals surface area contributed by atoms with Gasteiger partial charge in [-0.15, -0.1) is 0 Å². The molecule has 1 amide bonds. The van der Waals surface area contributed by atoms with Gasteiger partial charge in [0.15, 0.2) is 0 Å². The summed E-state index contributed by atoms with van der Waals surface area (Å²) < 4.78 is 5.80. The minimum Gasteiger partial charge on any atom is -0.488 e. The van der Waals surface area contributed by atoms with Crippen LogP contribution in [-0.2, 0) is 6.61 Å². The number of carboxylic acids is 1. The second kappa shape index (κ2) is 9.09. The van der Waals surface area contributed by atoms with Crippen molar-refractivity contribution >= 4 is 18.1 Å². The number of carboxylic acid groups (broad SMARTS) is 1. The van der Waals surface area contributed by atoms with Gasteiger partial charge in [-0.1, -0.05) is 30.3 Å². The number of nitrogens with zero attached hydrogens (tertiary/aromatic N) is 2. The Hall–Kier alpha value is -4.00. The molecule has 2 N–H and O–H groups in total. The van der Waals surface area contributed by atoms with Gasteiger partial charge >= 0.3 is 5.97 Å². The lowest BCUT2D eigenvalue weighted by Gasteiger charge is -2.09. The number of hydrogen-bond donors (Lipinski definition) is 2. The summed E-state index contributed by atoms with van der Waals surface area (Å²) in [6, 6.07) is 18.7. The van der Waals surface area contributed by atoms with Crippen LogP contribution in [0.3, 0.4) is 0 Å². The van der Waals surface area contributed by atoms with Gasteiger partial charge in [-0.25, -0.2) is 10.2 Å². The molecule has 1 aromatic heterocycles. The van der Waals surface area contributed by atoms with Gasteiger partial charge in [-0.2, -0.15) is 5.10 Å². The first-order valence-electron chi connectivity index (χ1n) is 8.42. The molecular weight excluding hydrogens is 358 g/mol. The first kappa shape index (κ1) is 18.8. The van der Waals surface area contributed by atoms with Crippen LogP contribution in [0.2, 0.25) is 0 Å². The van der Waals surface area contributed by atoms with Crippen LogP contribution in [0.4, 0.5) is 0 Å². The Morgan fingerprint density at radius 1 is 1.04 bits per heavy atom. The minimum atomic E-state index is -0.971. The largest absolute Gasteiger partial charge is 0.488 e. The molecule has 0 spiro atoms. The van der Waals surface area contributed by atoms with E-state index in [4.69, 9.17) is 9.84 Å². The van der Waals surface area contributed by atoms with Crippen molar-refractivity contribution in [3.63, 3.8) is 0 Å². The van der Waals surface area contributed by atoms with Crippen molar-refractivity contribution in [1.82, 2.24) is 10.4 Å². The molecule has 0 unspecified atom stereocenters. The van der Waals surface area contributed by atoms with E-state index >= 15 is 0 Å². The van der Waals surface area contributed by atoms with Crippen LogP contribution in [0.15, 0.2) is 78.0 Å². The zero-order chi connectivity index (χ0) is 19.8. The molecule has 0 atom stereocenters. The number of benzene rings is 2. The third-order valence-electron chi connectivity index (χ3n) is 3.78. The van der Waals surface area contributed by atoms with Gasteiger partial charge in [0.2, 0.25) is 0 Å². The topological polar surface area (TPSA) is 101 Å². The predicted octanol–water partition coefficient (Wildman–Crippen LogP) is 3.12. The maximum absolute atomic E-state index is 11.9. The van der Waals surface area contributed by atoms with Gasteiger partial charge < -0.3 is 9.84 Å². The first-order chi connectivity index (χ1) is 13.6. The fourth-order valence-electron chi connectivity index (χ4n) is 2.34. The van der Waals surface area contributed by atoms with Gasteiger partial charge in [0.1, 0.15) is 18.1 Å². The molecule has 3 aromatic rings. The molecule has 0 radical (unpaired) electrons. The summed E-state index contributed by atoms with van der Waals surface area (Å²) in [6.07, 6.45) is 3.02. The fourth-order valence-corrected chi connectivity index (χ4v) is 2.34. The molecular formula is C21H17N3O4. The molecule has 2 aromatic carbocycles. The van der Waals surface area contributed by atoms with E-state index in [9.17, 15) is 9.59 Å². The smallest absolute Gasteiger partial charge is 0.335 e. The standard InChI is InChI=1S/C21H17N3O4/c25-20(18-6-3-4-12-22-18)24-23-13-17-5-1-2-7-19(17)28-14-15-8-10-16(11-9-15)21(26)27/h1-13H,14H2,(H,24,25)(H,26,27)/b23-13-. The number of aromatic nitrogens is 1. The molecule has 140 valence electrons. The number of ether oxygens (including phenoxy) is 1. The van der Waals surface area contributed by atoms with Crippen LogP contribution < -0.4 is 10.2 Å². The van der Waals surface area contributed by atoms with Crippen molar-refractivity contribution in [1.29, 1.82) is 0 Å².